The molecule has 0 bridgehead atoms. The molecule has 1 aromatic heterocycles. The quantitative estimate of drug-likeness (QED) is 0.643. The van der Waals surface area contributed by atoms with Crippen molar-refractivity contribution in [3.8, 4) is 11.5 Å². The summed E-state index contributed by atoms with van der Waals surface area (Å²) in [6.07, 6.45) is 3.26. The highest BCUT2D eigenvalue weighted by Crippen LogP contribution is 2.55. The lowest BCUT2D eigenvalue weighted by atomic mass is 9.73. The van der Waals surface area contributed by atoms with Gasteiger partial charge in [-0.2, -0.15) is 0 Å². The number of hydrogen-bond donors (Lipinski definition) is 1. The Labute approximate surface area is 176 Å². The van der Waals surface area contributed by atoms with Gasteiger partial charge in [0, 0.05) is 57.6 Å². The summed E-state index contributed by atoms with van der Waals surface area (Å²) >= 11 is 3.68. The van der Waals surface area contributed by atoms with Gasteiger partial charge in [0.05, 0.1) is 6.61 Å². The molecule has 3 aromatic rings. The number of amides is 1. The third kappa shape index (κ3) is 2.26. The van der Waals surface area contributed by atoms with Crippen molar-refractivity contribution in [1.29, 1.82) is 0 Å². The zero-order valence-corrected chi connectivity index (χ0v) is 17.1. The minimum atomic E-state index is -0.869. The molecule has 6 rings (SSSR count). The van der Waals surface area contributed by atoms with Crippen LogP contribution in [0.15, 0.2) is 53.1 Å². The zero-order valence-electron chi connectivity index (χ0n) is 15.5. The minimum absolute atomic E-state index is 0.0423. The second-order valence-corrected chi connectivity index (χ2v) is 8.47. The first-order valence-corrected chi connectivity index (χ1v) is 10.4. The number of fused-ring (bicyclic) bond motifs is 5. The molecule has 3 aliphatic heterocycles. The van der Waals surface area contributed by atoms with Gasteiger partial charge >= 0.3 is 0 Å². The van der Waals surface area contributed by atoms with Crippen LogP contribution in [0.1, 0.15) is 27.9 Å². The smallest absolute Gasteiger partial charge is 0.243 e. The molecule has 1 amide bonds. The molecule has 0 saturated heterocycles. The highest BCUT2D eigenvalue weighted by atomic mass is 79.9. The Bertz CT molecular complexity index is 1180. The molecule has 0 saturated carbocycles. The van der Waals surface area contributed by atoms with Crippen LogP contribution in [0, 0.1) is 0 Å². The number of aromatic nitrogens is 1. The van der Waals surface area contributed by atoms with E-state index in [4.69, 9.17) is 9.47 Å². The number of ether oxygens (including phenoxy) is 2. The van der Waals surface area contributed by atoms with Gasteiger partial charge in [-0.3, -0.25) is 9.78 Å². The standard InChI is InChI=1S/C23H17BrN2O3/c24-16-5-3-6-17-21(16)23(22(27)26-17)12-29-19-11-18-14(7-9-28-18)15(20(19)23)10-13-4-1-2-8-25-13/h1-6,8,11H,7,9-10,12H2,(H,26,27). The Morgan fingerprint density at radius 2 is 2.03 bits per heavy atom. The molecular weight excluding hydrogens is 432 g/mol. The maximum Gasteiger partial charge on any atom is 0.243 e. The van der Waals surface area contributed by atoms with Gasteiger partial charge in [-0.25, -0.2) is 0 Å². The fourth-order valence-electron chi connectivity index (χ4n) is 4.89. The van der Waals surface area contributed by atoms with Crippen LogP contribution in [0.4, 0.5) is 5.69 Å². The number of rotatable bonds is 2. The molecule has 1 N–H and O–H groups in total. The number of benzene rings is 2. The molecule has 0 fully saturated rings. The van der Waals surface area contributed by atoms with Crippen LogP contribution in [-0.2, 0) is 23.1 Å². The molecule has 1 unspecified atom stereocenters. The van der Waals surface area contributed by atoms with E-state index >= 15 is 0 Å². The van der Waals surface area contributed by atoms with Crippen molar-refractivity contribution >= 4 is 27.5 Å². The van der Waals surface area contributed by atoms with E-state index in [1.165, 1.54) is 0 Å². The number of carbonyl (C=O) groups is 1. The Hall–Kier alpha value is -2.86. The van der Waals surface area contributed by atoms with Gasteiger partial charge < -0.3 is 14.8 Å². The molecule has 4 heterocycles. The lowest BCUT2D eigenvalue weighted by molar-refractivity contribution is -0.119. The lowest BCUT2D eigenvalue weighted by Gasteiger charge is -2.25. The fourth-order valence-corrected chi connectivity index (χ4v) is 5.60. The van der Waals surface area contributed by atoms with Crippen LogP contribution in [0.3, 0.4) is 0 Å². The molecule has 5 nitrogen and oxygen atoms in total. The maximum atomic E-state index is 13.4. The molecule has 1 atom stereocenters. The van der Waals surface area contributed by atoms with Gasteiger partial charge in [-0.15, -0.1) is 0 Å². The normalized spacial score (nSPS) is 20.7. The fraction of sp³-hybridized carbons (Fsp3) is 0.217. The van der Waals surface area contributed by atoms with Crippen molar-refractivity contribution in [2.24, 2.45) is 0 Å². The zero-order chi connectivity index (χ0) is 19.6. The SMILES string of the molecule is O=C1Nc2cccc(Br)c2C12COc1cc3c(c(Cc4ccccn4)c12)CCO3. The summed E-state index contributed by atoms with van der Waals surface area (Å²) in [5.41, 5.74) is 5.09. The van der Waals surface area contributed by atoms with Gasteiger partial charge in [-0.05, 0) is 29.8 Å². The number of halogens is 1. The molecule has 1 spiro atoms. The van der Waals surface area contributed by atoms with Crippen molar-refractivity contribution in [2.45, 2.75) is 18.3 Å². The summed E-state index contributed by atoms with van der Waals surface area (Å²) in [7, 11) is 0. The lowest BCUT2D eigenvalue weighted by Crippen LogP contribution is -2.38. The predicted octanol–water partition coefficient (Wildman–Crippen LogP) is 4.00. The van der Waals surface area contributed by atoms with Crippen molar-refractivity contribution in [2.75, 3.05) is 18.5 Å². The number of nitrogens with zero attached hydrogens (tertiary/aromatic N) is 1. The van der Waals surface area contributed by atoms with Crippen LogP contribution in [-0.4, -0.2) is 24.1 Å². The van der Waals surface area contributed by atoms with E-state index in [0.29, 0.717) is 13.0 Å². The molecule has 29 heavy (non-hydrogen) atoms. The molecule has 0 radical (unpaired) electrons. The van der Waals surface area contributed by atoms with Crippen molar-refractivity contribution in [3.05, 3.63) is 81.1 Å². The third-order valence-electron chi connectivity index (χ3n) is 6.11. The first kappa shape index (κ1) is 17.0. The van der Waals surface area contributed by atoms with Gasteiger partial charge in [-0.1, -0.05) is 28.1 Å². The number of pyridine rings is 1. The van der Waals surface area contributed by atoms with E-state index in [0.717, 1.165) is 56.0 Å². The van der Waals surface area contributed by atoms with E-state index in [1.807, 2.05) is 42.5 Å². The number of hydrogen-bond acceptors (Lipinski definition) is 4. The van der Waals surface area contributed by atoms with Gasteiger partial charge in [0.1, 0.15) is 23.5 Å². The second kappa shape index (κ2) is 6.07. The molecule has 6 heteroatoms. The minimum Gasteiger partial charge on any atom is -0.493 e. The van der Waals surface area contributed by atoms with Crippen LogP contribution in [0.2, 0.25) is 0 Å². The van der Waals surface area contributed by atoms with Gasteiger partial charge in [0.15, 0.2) is 0 Å². The van der Waals surface area contributed by atoms with E-state index in [-0.39, 0.29) is 12.5 Å². The van der Waals surface area contributed by atoms with Gasteiger partial charge in [0.25, 0.3) is 0 Å². The molecule has 3 aliphatic rings. The highest BCUT2D eigenvalue weighted by molar-refractivity contribution is 9.10. The third-order valence-corrected chi connectivity index (χ3v) is 6.77. The summed E-state index contributed by atoms with van der Waals surface area (Å²) in [5, 5.41) is 3.07. The van der Waals surface area contributed by atoms with Crippen LogP contribution < -0.4 is 14.8 Å². The average molecular weight is 449 g/mol. The van der Waals surface area contributed by atoms with Crippen LogP contribution >= 0.6 is 15.9 Å². The largest absolute Gasteiger partial charge is 0.493 e. The van der Waals surface area contributed by atoms with Crippen LogP contribution in [0.5, 0.6) is 11.5 Å². The Balaban J connectivity index is 1.64. The first-order chi connectivity index (χ1) is 14.2. The predicted molar refractivity (Wildman–Crippen MR) is 112 cm³/mol. The number of nitrogens with one attached hydrogen (secondary N) is 1. The Morgan fingerprint density at radius 3 is 2.90 bits per heavy atom. The topological polar surface area (TPSA) is 60.5 Å². The van der Waals surface area contributed by atoms with Crippen LogP contribution in [0.25, 0.3) is 0 Å². The summed E-state index contributed by atoms with van der Waals surface area (Å²) in [6.45, 7) is 0.925. The van der Waals surface area contributed by atoms with Crippen molar-refractivity contribution in [1.82, 2.24) is 4.98 Å². The summed E-state index contributed by atoms with van der Waals surface area (Å²) in [4.78, 5) is 17.9. The summed E-state index contributed by atoms with van der Waals surface area (Å²) < 4.78 is 12.9. The van der Waals surface area contributed by atoms with Crippen molar-refractivity contribution in [3.63, 3.8) is 0 Å². The first-order valence-electron chi connectivity index (χ1n) is 9.63. The molecule has 0 aliphatic carbocycles. The molecular formula is C23H17BrN2O3. The second-order valence-electron chi connectivity index (χ2n) is 7.61. The monoisotopic (exact) mass is 448 g/mol. The Morgan fingerprint density at radius 1 is 1.10 bits per heavy atom. The number of carbonyl (C=O) groups excluding carboxylic acids is 1. The number of anilines is 1. The highest BCUT2D eigenvalue weighted by Gasteiger charge is 2.56. The summed E-state index contributed by atoms with van der Waals surface area (Å²) in [5.74, 6) is 1.55. The maximum absolute atomic E-state index is 13.4. The Kier molecular flexibility index (Phi) is 3.56. The van der Waals surface area contributed by atoms with E-state index in [9.17, 15) is 4.79 Å². The molecule has 2 aromatic carbocycles. The molecule has 144 valence electrons. The van der Waals surface area contributed by atoms with E-state index in [2.05, 4.69) is 26.2 Å². The van der Waals surface area contributed by atoms with Gasteiger partial charge in [0.2, 0.25) is 5.91 Å². The summed E-state index contributed by atoms with van der Waals surface area (Å²) in [6, 6.07) is 13.7. The van der Waals surface area contributed by atoms with E-state index < -0.39 is 5.41 Å². The van der Waals surface area contributed by atoms with E-state index in [1.54, 1.807) is 6.20 Å². The average Bonchev–Trinajstić information content (AvgIpc) is 3.41. The van der Waals surface area contributed by atoms with Crippen molar-refractivity contribution < 1.29 is 14.3 Å².